The summed E-state index contributed by atoms with van der Waals surface area (Å²) in [6, 6.07) is 8.02. The summed E-state index contributed by atoms with van der Waals surface area (Å²) in [6.45, 7) is 5.64. The van der Waals surface area contributed by atoms with Crippen LogP contribution in [0.15, 0.2) is 36.5 Å². The minimum atomic E-state index is -0.508. The van der Waals surface area contributed by atoms with Gasteiger partial charge in [0.25, 0.3) is 0 Å². The molecule has 0 radical (unpaired) electrons. The summed E-state index contributed by atoms with van der Waals surface area (Å²) < 4.78 is 7.87. The van der Waals surface area contributed by atoms with Crippen LogP contribution in [0.3, 0.4) is 0 Å². The number of aromatic nitrogens is 1. The summed E-state index contributed by atoms with van der Waals surface area (Å²) in [5.74, 6) is 0.486. The van der Waals surface area contributed by atoms with Crippen LogP contribution in [0.5, 0.6) is 5.75 Å². The Balaban J connectivity index is 2.09. The topological polar surface area (TPSA) is 30.7 Å². The first-order valence-corrected chi connectivity index (χ1v) is 7.98. The van der Waals surface area contributed by atoms with Crippen LogP contribution in [0.1, 0.15) is 52.1 Å². The monoisotopic (exact) mass is 297 g/mol. The van der Waals surface area contributed by atoms with Crippen molar-refractivity contribution in [2.24, 2.45) is 5.41 Å². The molecular formula is C19H23NO2. The number of carbonyl (C=O) groups is 1. The first kappa shape index (κ1) is 14.9. The Morgan fingerprint density at radius 3 is 2.73 bits per heavy atom. The van der Waals surface area contributed by atoms with Gasteiger partial charge in [0.2, 0.25) is 0 Å². The highest BCUT2D eigenvalue weighted by atomic mass is 16.5. The van der Waals surface area contributed by atoms with Gasteiger partial charge in [0.15, 0.2) is 5.75 Å². The molecule has 0 aliphatic heterocycles. The number of hydrogen-bond acceptors (Lipinski definition) is 2. The molecule has 0 amide bonds. The number of fused-ring (bicyclic) bond motifs is 1. The quantitative estimate of drug-likeness (QED) is 0.742. The van der Waals surface area contributed by atoms with Crippen LogP contribution in [0, 0.1) is 5.41 Å². The van der Waals surface area contributed by atoms with Crippen LogP contribution in [0.4, 0.5) is 0 Å². The number of carbonyl (C=O) groups excluding carboxylic acids is 1. The van der Waals surface area contributed by atoms with E-state index in [0.717, 1.165) is 24.1 Å². The van der Waals surface area contributed by atoms with Crippen molar-refractivity contribution in [3.63, 3.8) is 0 Å². The number of nitrogens with zero attached hydrogens (tertiary/aromatic N) is 1. The normalized spacial score (nSPS) is 15.7. The Bertz CT molecular complexity index is 731. The van der Waals surface area contributed by atoms with Gasteiger partial charge in [-0.25, -0.2) is 0 Å². The number of pyridine rings is 1. The molecule has 3 rings (SSSR count). The molecule has 3 heteroatoms. The molecule has 0 saturated carbocycles. The van der Waals surface area contributed by atoms with E-state index in [9.17, 15) is 4.79 Å². The lowest BCUT2D eigenvalue weighted by Crippen LogP contribution is -2.25. The lowest BCUT2D eigenvalue weighted by atomic mass is 9.96. The average molecular weight is 297 g/mol. The molecule has 1 aliphatic rings. The van der Waals surface area contributed by atoms with E-state index in [1.807, 2.05) is 51.2 Å². The van der Waals surface area contributed by atoms with Gasteiger partial charge in [0.1, 0.15) is 0 Å². The van der Waals surface area contributed by atoms with Gasteiger partial charge >= 0.3 is 5.97 Å². The molecule has 116 valence electrons. The van der Waals surface area contributed by atoms with Crippen molar-refractivity contribution in [2.45, 2.75) is 46.5 Å². The maximum atomic E-state index is 12.3. The lowest BCUT2D eigenvalue weighted by molar-refractivity contribution is -0.143. The Hall–Kier alpha value is -2.03. The Kier molecular flexibility index (Phi) is 3.81. The molecule has 2 aromatic rings. The number of rotatable bonds is 2. The van der Waals surface area contributed by atoms with Gasteiger partial charge in [-0.2, -0.15) is 0 Å². The van der Waals surface area contributed by atoms with E-state index in [4.69, 9.17) is 4.74 Å². The third-order valence-corrected chi connectivity index (χ3v) is 4.05. The third-order valence-electron chi connectivity index (χ3n) is 4.05. The van der Waals surface area contributed by atoms with Gasteiger partial charge in [-0.1, -0.05) is 12.1 Å². The Morgan fingerprint density at radius 2 is 2.05 bits per heavy atom. The van der Waals surface area contributed by atoms with Gasteiger partial charge in [-0.05, 0) is 64.2 Å². The zero-order valence-electron chi connectivity index (χ0n) is 13.6. The van der Waals surface area contributed by atoms with Crippen LogP contribution in [0.25, 0.3) is 11.1 Å². The molecule has 0 fully saturated rings. The van der Waals surface area contributed by atoms with Crippen molar-refractivity contribution in [3.8, 4) is 5.75 Å². The van der Waals surface area contributed by atoms with Crippen molar-refractivity contribution >= 4 is 17.1 Å². The van der Waals surface area contributed by atoms with E-state index >= 15 is 0 Å². The summed E-state index contributed by atoms with van der Waals surface area (Å²) in [7, 11) is 0. The second kappa shape index (κ2) is 5.64. The summed E-state index contributed by atoms with van der Waals surface area (Å²) in [5.41, 5.74) is 2.87. The van der Waals surface area contributed by atoms with Crippen LogP contribution in [-0.2, 0) is 4.79 Å². The van der Waals surface area contributed by atoms with Crippen LogP contribution < -0.4 is 4.74 Å². The molecule has 0 atom stereocenters. The van der Waals surface area contributed by atoms with Crippen LogP contribution >= 0.6 is 0 Å². The second-order valence-electron chi connectivity index (χ2n) is 6.97. The van der Waals surface area contributed by atoms with E-state index in [1.54, 1.807) is 0 Å². The second-order valence-corrected chi connectivity index (χ2v) is 6.97. The predicted molar refractivity (Wildman–Crippen MR) is 88.9 cm³/mol. The molecule has 2 aromatic heterocycles. The molecular weight excluding hydrogens is 274 g/mol. The summed E-state index contributed by atoms with van der Waals surface area (Å²) in [6.07, 6.45) is 8.90. The van der Waals surface area contributed by atoms with E-state index in [0.29, 0.717) is 5.75 Å². The first-order valence-electron chi connectivity index (χ1n) is 7.98. The van der Waals surface area contributed by atoms with Gasteiger partial charge in [-0.3, -0.25) is 4.79 Å². The highest BCUT2D eigenvalue weighted by Gasteiger charge is 2.26. The minimum absolute atomic E-state index is 0.193. The van der Waals surface area contributed by atoms with E-state index < -0.39 is 5.41 Å². The molecule has 0 unspecified atom stereocenters. The number of ether oxygens (including phenoxy) is 1. The van der Waals surface area contributed by atoms with Crippen molar-refractivity contribution in [1.82, 2.24) is 4.40 Å². The highest BCUT2D eigenvalue weighted by Crippen LogP contribution is 2.36. The summed E-state index contributed by atoms with van der Waals surface area (Å²) in [5, 5.41) is 0. The molecule has 0 bridgehead atoms. The van der Waals surface area contributed by atoms with Crippen LogP contribution in [0.2, 0.25) is 0 Å². The SMILES string of the molecule is CC(C)(C)C(=O)Oc1cc2ccccn2c1C1=CCCCC1. The molecule has 22 heavy (non-hydrogen) atoms. The van der Waals surface area contributed by atoms with Crippen molar-refractivity contribution < 1.29 is 9.53 Å². The fraction of sp³-hybridized carbons (Fsp3) is 0.421. The maximum absolute atomic E-state index is 12.3. The van der Waals surface area contributed by atoms with Gasteiger partial charge in [0.05, 0.1) is 11.1 Å². The summed E-state index contributed by atoms with van der Waals surface area (Å²) in [4.78, 5) is 12.3. The number of allylic oxidation sites excluding steroid dienone is 2. The molecule has 2 heterocycles. The standard InChI is InChI=1S/C19H23NO2/c1-19(2,3)18(21)22-16-13-15-11-7-8-12-20(15)17(16)14-9-5-4-6-10-14/h7-9,11-13H,4-6,10H2,1-3H3. The van der Waals surface area contributed by atoms with E-state index in [1.165, 1.54) is 18.4 Å². The minimum Gasteiger partial charge on any atom is -0.424 e. The maximum Gasteiger partial charge on any atom is 0.316 e. The molecule has 0 aromatic carbocycles. The zero-order chi connectivity index (χ0) is 15.7. The van der Waals surface area contributed by atoms with Crippen molar-refractivity contribution in [3.05, 3.63) is 42.2 Å². The molecule has 0 saturated heterocycles. The fourth-order valence-electron chi connectivity index (χ4n) is 2.80. The number of esters is 1. The molecule has 3 nitrogen and oxygen atoms in total. The van der Waals surface area contributed by atoms with Gasteiger partial charge in [0, 0.05) is 17.8 Å². The molecule has 1 aliphatic carbocycles. The van der Waals surface area contributed by atoms with Gasteiger partial charge in [-0.15, -0.1) is 0 Å². The van der Waals surface area contributed by atoms with Crippen molar-refractivity contribution in [2.75, 3.05) is 0 Å². The lowest BCUT2D eigenvalue weighted by Gasteiger charge is -2.18. The Labute approximate surface area is 131 Å². The van der Waals surface area contributed by atoms with E-state index in [2.05, 4.69) is 10.5 Å². The third kappa shape index (κ3) is 2.80. The molecule has 0 N–H and O–H groups in total. The molecule has 0 spiro atoms. The highest BCUT2D eigenvalue weighted by molar-refractivity contribution is 5.82. The predicted octanol–water partition coefficient (Wildman–Crippen LogP) is 4.85. The van der Waals surface area contributed by atoms with Crippen LogP contribution in [-0.4, -0.2) is 10.4 Å². The number of hydrogen-bond donors (Lipinski definition) is 0. The zero-order valence-corrected chi connectivity index (χ0v) is 13.6. The van der Waals surface area contributed by atoms with E-state index in [-0.39, 0.29) is 5.97 Å². The summed E-state index contributed by atoms with van der Waals surface area (Å²) >= 11 is 0. The fourth-order valence-corrected chi connectivity index (χ4v) is 2.80. The largest absolute Gasteiger partial charge is 0.424 e. The Morgan fingerprint density at radius 1 is 1.23 bits per heavy atom. The average Bonchev–Trinajstić information content (AvgIpc) is 2.85. The first-order chi connectivity index (χ1) is 10.5. The van der Waals surface area contributed by atoms with Gasteiger partial charge < -0.3 is 9.14 Å². The van der Waals surface area contributed by atoms with Crippen molar-refractivity contribution in [1.29, 1.82) is 0 Å². The smallest absolute Gasteiger partial charge is 0.316 e.